The van der Waals surface area contributed by atoms with E-state index in [-0.39, 0.29) is 0 Å². The third kappa shape index (κ3) is 4.86. The van der Waals surface area contributed by atoms with Gasteiger partial charge in [-0.2, -0.15) is 0 Å². The first-order chi connectivity index (χ1) is 12.5. The molecule has 0 N–H and O–H groups in total. The van der Waals surface area contributed by atoms with E-state index in [1.165, 1.54) is 11.1 Å². The lowest BCUT2D eigenvalue weighted by Gasteiger charge is -2.34. The predicted molar refractivity (Wildman–Crippen MR) is 106 cm³/mol. The molecule has 2 aromatic rings. The van der Waals surface area contributed by atoms with Crippen molar-refractivity contribution in [1.82, 2.24) is 19.4 Å². The Balaban J connectivity index is 1.39. The number of nitrogens with zero attached hydrogens (tertiary/aromatic N) is 4. The monoisotopic (exact) mass is 356 g/mol. The highest BCUT2D eigenvalue weighted by Gasteiger charge is 2.18. The van der Waals surface area contributed by atoms with Crippen LogP contribution in [0.5, 0.6) is 5.75 Å². The molecule has 0 radical (unpaired) electrons. The van der Waals surface area contributed by atoms with Crippen LogP contribution in [0.3, 0.4) is 0 Å². The number of ether oxygens (including phenoxy) is 1. The van der Waals surface area contributed by atoms with Crippen molar-refractivity contribution >= 4 is 0 Å². The van der Waals surface area contributed by atoms with Crippen molar-refractivity contribution in [2.75, 3.05) is 39.3 Å². The topological polar surface area (TPSA) is 33.5 Å². The zero-order chi connectivity index (χ0) is 18.5. The fraction of sp³-hybridized carbons (Fsp3) is 0.571. The number of imidazole rings is 1. The fourth-order valence-corrected chi connectivity index (χ4v) is 3.60. The first kappa shape index (κ1) is 18.9. The zero-order valence-electron chi connectivity index (χ0n) is 16.6. The minimum atomic E-state index is 0.561. The lowest BCUT2D eigenvalue weighted by atomic mass is 9.98. The van der Waals surface area contributed by atoms with Crippen molar-refractivity contribution in [3.63, 3.8) is 0 Å². The van der Waals surface area contributed by atoms with Gasteiger partial charge in [0, 0.05) is 52.2 Å². The minimum Gasteiger partial charge on any atom is -0.492 e. The van der Waals surface area contributed by atoms with Gasteiger partial charge in [-0.3, -0.25) is 9.80 Å². The molecule has 1 aromatic heterocycles. The second kappa shape index (κ2) is 8.69. The van der Waals surface area contributed by atoms with E-state index in [0.717, 1.165) is 57.4 Å². The maximum Gasteiger partial charge on any atom is 0.122 e. The van der Waals surface area contributed by atoms with E-state index in [4.69, 9.17) is 4.74 Å². The standard InChI is InChI=1S/C21H32N4O/c1-17(2)20-6-5-19(15-18(20)3)26-14-13-24-9-11-25(12-10-24)16-21-22-7-8-23(21)4/h5-8,15,17H,9-14,16H2,1-4H3. The summed E-state index contributed by atoms with van der Waals surface area (Å²) < 4.78 is 8.09. The van der Waals surface area contributed by atoms with Crippen molar-refractivity contribution in [3.05, 3.63) is 47.5 Å². The summed E-state index contributed by atoms with van der Waals surface area (Å²) in [7, 11) is 2.06. The van der Waals surface area contributed by atoms with Crippen LogP contribution in [0.15, 0.2) is 30.6 Å². The van der Waals surface area contributed by atoms with Gasteiger partial charge in [-0.25, -0.2) is 4.98 Å². The molecule has 0 atom stereocenters. The van der Waals surface area contributed by atoms with Crippen LogP contribution >= 0.6 is 0 Å². The second-order valence-electron chi connectivity index (χ2n) is 7.59. The van der Waals surface area contributed by atoms with Gasteiger partial charge in [-0.15, -0.1) is 0 Å². The summed E-state index contributed by atoms with van der Waals surface area (Å²) in [5, 5.41) is 0. The van der Waals surface area contributed by atoms with Crippen LogP contribution in [0, 0.1) is 6.92 Å². The normalized spacial score (nSPS) is 16.3. The molecule has 26 heavy (non-hydrogen) atoms. The van der Waals surface area contributed by atoms with Crippen molar-refractivity contribution in [3.8, 4) is 5.75 Å². The number of aromatic nitrogens is 2. The molecule has 0 spiro atoms. The van der Waals surface area contributed by atoms with Crippen molar-refractivity contribution in [2.24, 2.45) is 7.05 Å². The quantitative estimate of drug-likeness (QED) is 0.763. The van der Waals surface area contributed by atoms with Crippen LogP contribution in [0.4, 0.5) is 0 Å². The van der Waals surface area contributed by atoms with Crippen LogP contribution in [-0.4, -0.2) is 58.7 Å². The van der Waals surface area contributed by atoms with Gasteiger partial charge in [0.05, 0.1) is 6.54 Å². The molecule has 142 valence electrons. The molecular formula is C21H32N4O. The second-order valence-corrected chi connectivity index (χ2v) is 7.59. The predicted octanol–water partition coefficient (Wildman–Crippen LogP) is 3.05. The summed E-state index contributed by atoms with van der Waals surface area (Å²) in [5.74, 6) is 2.69. The molecule has 0 aliphatic carbocycles. The first-order valence-electron chi connectivity index (χ1n) is 9.67. The molecule has 1 aromatic carbocycles. The third-order valence-electron chi connectivity index (χ3n) is 5.29. The summed E-state index contributed by atoms with van der Waals surface area (Å²) in [6, 6.07) is 6.47. The van der Waals surface area contributed by atoms with Crippen LogP contribution in [0.25, 0.3) is 0 Å². The van der Waals surface area contributed by atoms with E-state index >= 15 is 0 Å². The minimum absolute atomic E-state index is 0.561. The molecule has 3 rings (SSSR count). The van der Waals surface area contributed by atoms with Gasteiger partial charge in [0.25, 0.3) is 0 Å². The molecule has 2 heterocycles. The first-order valence-corrected chi connectivity index (χ1v) is 9.67. The maximum atomic E-state index is 5.98. The third-order valence-corrected chi connectivity index (χ3v) is 5.29. The smallest absolute Gasteiger partial charge is 0.122 e. The van der Waals surface area contributed by atoms with Crippen LogP contribution in [0.1, 0.15) is 36.7 Å². The highest BCUT2D eigenvalue weighted by atomic mass is 16.5. The summed E-state index contributed by atoms with van der Waals surface area (Å²) in [5.41, 5.74) is 2.72. The number of piperazine rings is 1. The lowest BCUT2D eigenvalue weighted by molar-refractivity contribution is 0.110. The van der Waals surface area contributed by atoms with Gasteiger partial charge in [0.1, 0.15) is 18.2 Å². The molecule has 1 fully saturated rings. The Bertz CT molecular complexity index is 702. The largest absolute Gasteiger partial charge is 0.492 e. The van der Waals surface area contributed by atoms with Crippen molar-refractivity contribution < 1.29 is 4.74 Å². The molecule has 1 saturated heterocycles. The number of benzene rings is 1. The Morgan fingerprint density at radius 2 is 1.85 bits per heavy atom. The van der Waals surface area contributed by atoms with E-state index in [0.29, 0.717) is 5.92 Å². The number of hydrogen-bond acceptors (Lipinski definition) is 4. The zero-order valence-corrected chi connectivity index (χ0v) is 16.6. The lowest BCUT2D eigenvalue weighted by Crippen LogP contribution is -2.47. The SMILES string of the molecule is Cc1cc(OCCN2CCN(Cc3nccn3C)CC2)ccc1C(C)C. The summed E-state index contributed by atoms with van der Waals surface area (Å²) in [6.07, 6.45) is 3.89. The van der Waals surface area contributed by atoms with Crippen LogP contribution < -0.4 is 4.74 Å². The van der Waals surface area contributed by atoms with Gasteiger partial charge in [-0.05, 0) is 36.1 Å². The summed E-state index contributed by atoms with van der Waals surface area (Å²) in [4.78, 5) is 9.39. The van der Waals surface area contributed by atoms with E-state index in [1.807, 2.05) is 12.4 Å². The summed E-state index contributed by atoms with van der Waals surface area (Å²) in [6.45, 7) is 13.7. The average Bonchev–Trinajstić information content (AvgIpc) is 3.01. The van der Waals surface area contributed by atoms with Gasteiger partial charge in [0.2, 0.25) is 0 Å². The van der Waals surface area contributed by atoms with Gasteiger partial charge < -0.3 is 9.30 Å². The van der Waals surface area contributed by atoms with Crippen LogP contribution in [-0.2, 0) is 13.6 Å². The Morgan fingerprint density at radius 3 is 2.46 bits per heavy atom. The van der Waals surface area contributed by atoms with Gasteiger partial charge in [0.15, 0.2) is 0 Å². The van der Waals surface area contributed by atoms with Crippen LogP contribution in [0.2, 0.25) is 0 Å². The average molecular weight is 357 g/mol. The molecule has 0 saturated carbocycles. The highest BCUT2D eigenvalue weighted by molar-refractivity contribution is 5.36. The molecule has 0 amide bonds. The molecule has 5 nitrogen and oxygen atoms in total. The Morgan fingerprint density at radius 1 is 1.12 bits per heavy atom. The van der Waals surface area contributed by atoms with Gasteiger partial charge in [-0.1, -0.05) is 19.9 Å². The van der Waals surface area contributed by atoms with Gasteiger partial charge >= 0.3 is 0 Å². The number of aryl methyl sites for hydroxylation is 2. The number of rotatable bonds is 7. The molecule has 1 aliphatic rings. The molecule has 0 unspecified atom stereocenters. The van der Waals surface area contributed by atoms with Crippen molar-refractivity contribution in [2.45, 2.75) is 33.2 Å². The Labute approximate surface area is 157 Å². The van der Waals surface area contributed by atoms with Crippen molar-refractivity contribution in [1.29, 1.82) is 0 Å². The Kier molecular flexibility index (Phi) is 6.33. The van der Waals surface area contributed by atoms with E-state index in [1.54, 1.807) is 0 Å². The fourth-order valence-electron chi connectivity index (χ4n) is 3.60. The molecule has 5 heteroatoms. The van der Waals surface area contributed by atoms with E-state index in [9.17, 15) is 0 Å². The molecular weight excluding hydrogens is 324 g/mol. The highest BCUT2D eigenvalue weighted by Crippen LogP contribution is 2.23. The molecule has 0 bridgehead atoms. The molecule has 1 aliphatic heterocycles. The Hall–Kier alpha value is -1.85. The summed E-state index contributed by atoms with van der Waals surface area (Å²) >= 11 is 0. The number of hydrogen-bond donors (Lipinski definition) is 0. The maximum absolute atomic E-state index is 5.98. The van der Waals surface area contributed by atoms with E-state index < -0.39 is 0 Å². The van der Waals surface area contributed by atoms with E-state index in [2.05, 4.69) is 65.4 Å².